The lowest BCUT2D eigenvalue weighted by Crippen LogP contribution is -2.43. The molecule has 0 spiro atoms. The highest BCUT2D eigenvalue weighted by molar-refractivity contribution is 7.93. The molecule has 1 unspecified atom stereocenters. The van der Waals surface area contributed by atoms with E-state index < -0.39 is 20.0 Å². The van der Waals surface area contributed by atoms with Crippen LogP contribution in [0.25, 0.3) is 0 Å². The van der Waals surface area contributed by atoms with Gasteiger partial charge in [-0.3, -0.25) is 4.79 Å². The number of aromatic nitrogens is 1. The summed E-state index contributed by atoms with van der Waals surface area (Å²) < 4.78 is 40.7. The molecule has 2 heterocycles. The van der Waals surface area contributed by atoms with Crippen LogP contribution >= 0.6 is 0 Å². The minimum absolute atomic E-state index is 0.0843. The summed E-state index contributed by atoms with van der Waals surface area (Å²) in [5.41, 5.74) is 0.258. The first-order chi connectivity index (χ1) is 13.5. The van der Waals surface area contributed by atoms with Gasteiger partial charge in [0.05, 0.1) is 24.5 Å². The Kier molecular flexibility index (Phi) is 6.56. The van der Waals surface area contributed by atoms with Gasteiger partial charge in [-0.15, -0.1) is 0 Å². The molecule has 8 heteroatoms. The summed E-state index contributed by atoms with van der Waals surface area (Å²) in [6, 6.07) is 1.73. The second kappa shape index (κ2) is 8.47. The van der Waals surface area contributed by atoms with Crippen molar-refractivity contribution in [2.24, 2.45) is 5.92 Å². The first kappa shape index (κ1) is 22.4. The van der Waals surface area contributed by atoms with Gasteiger partial charge in [0.2, 0.25) is 0 Å². The molecule has 164 valence electrons. The highest BCUT2D eigenvalue weighted by atomic mass is 32.2. The fraction of sp³-hybridized carbons (Fsp3) is 0.810. The molecule has 1 aromatic rings. The van der Waals surface area contributed by atoms with Crippen LogP contribution in [0.15, 0.2) is 10.6 Å². The first-order valence-corrected chi connectivity index (χ1v) is 12.1. The van der Waals surface area contributed by atoms with Gasteiger partial charge in [-0.1, -0.05) is 19.0 Å². The van der Waals surface area contributed by atoms with Crippen molar-refractivity contribution >= 4 is 15.6 Å². The zero-order chi connectivity index (χ0) is 21.3. The van der Waals surface area contributed by atoms with E-state index in [0.717, 1.165) is 38.7 Å². The predicted molar refractivity (Wildman–Crippen MR) is 108 cm³/mol. The van der Waals surface area contributed by atoms with E-state index in [9.17, 15) is 13.2 Å². The van der Waals surface area contributed by atoms with Crippen molar-refractivity contribution in [1.29, 1.82) is 0 Å². The van der Waals surface area contributed by atoms with E-state index in [1.807, 2.05) is 13.8 Å². The van der Waals surface area contributed by atoms with Crippen molar-refractivity contribution in [3.8, 4) is 0 Å². The van der Waals surface area contributed by atoms with E-state index in [1.54, 1.807) is 6.07 Å². The number of carbonyl (C=O) groups excluding carboxylic acids is 1. The molecule has 1 saturated carbocycles. The number of nitrogens with zero attached hydrogens (tertiary/aromatic N) is 1. The van der Waals surface area contributed by atoms with Crippen molar-refractivity contribution in [2.45, 2.75) is 82.7 Å². The molecule has 2 fully saturated rings. The minimum atomic E-state index is -3.50. The Balaban J connectivity index is 1.60. The van der Waals surface area contributed by atoms with Crippen LogP contribution in [0.3, 0.4) is 0 Å². The lowest BCUT2D eigenvalue weighted by Gasteiger charge is -2.28. The van der Waals surface area contributed by atoms with Gasteiger partial charge in [0.25, 0.3) is 0 Å². The van der Waals surface area contributed by atoms with Crippen LogP contribution in [0.5, 0.6) is 0 Å². The molecule has 0 amide bonds. The number of sulfone groups is 1. The second-order valence-electron chi connectivity index (χ2n) is 9.50. The fourth-order valence-corrected chi connectivity index (χ4v) is 5.07. The molecule has 2 aliphatic rings. The average Bonchev–Trinajstić information content (AvgIpc) is 3.33. The van der Waals surface area contributed by atoms with Gasteiger partial charge < -0.3 is 14.0 Å². The average molecular weight is 428 g/mol. The molecule has 7 nitrogen and oxygen atoms in total. The Labute approximate surface area is 173 Å². The van der Waals surface area contributed by atoms with Crippen LogP contribution in [0.2, 0.25) is 0 Å². The third-order valence-corrected chi connectivity index (χ3v) is 8.65. The summed E-state index contributed by atoms with van der Waals surface area (Å²) >= 11 is 0. The lowest BCUT2D eigenvalue weighted by molar-refractivity contribution is -0.170. The second-order valence-corrected chi connectivity index (χ2v) is 12.1. The summed E-state index contributed by atoms with van der Waals surface area (Å²) in [6.07, 6.45) is 4.63. The van der Waals surface area contributed by atoms with E-state index in [2.05, 4.69) is 5.16 Å². The van der Waals surface area contributed by atoms with E-state index in [0.29, 0.717) is 18.1 Å². The van der Waals surface area contributed by atoms with Gasteiger partial charge in [0.15, 0.2) is 21.9 Å². The van der Waals surface area contributed by atoms with Gasteiger partial charge in [-0.2, -0.15) is 0 Å². The van der Waals surface area contributed by atoms with Crippen molar-refractivity contribution < 1.29 is 27.2 Å². The Morgan fingerprint density at radius 2 is 1.93 bits per heavy atom. The van der Waals surface area contributed by atoms with Crippen molar-refractivity contribution in [2.75, 3.05) is 19.0 Å². The van der Waals surface area contributed by atoms with Gasteiger partial charge in [-0.25, -0.2) is 8.42 Å². The molecule has 1 saturated heterocycles. The quantitative estimate of drug-likeness (QED) is 0.566. The summed E-state index contributed by atoms with van der Waals surface area (Å²) in [5, 5.41) is 4.11. The molecule has 3 rings (SSSR count). The zero-order valence-electron chi connectivity index (χ0n) is 17.9. The number of Topliss-reactive ketones (excluding diaryl/α,β-unsaturated/α-hetero) is 1. The number of ether oxygens (including phenoxy) is 2. The summed E-state index contributed by atoms with van der Waals surface area (Å²) in [6.45, 7) is 8.10. The Hall–Kier alpha value is -1.25. The number of hydrogen-bond donors (Lipinski definition) is 0. The van der Waals surface area contributed by atoms with Crippen molar-refractivity contribution in [1.82, 2.24) is 5.16 Å². The maximum atomic E-state index is 12.8. The maximum Gasteiger partial charge on any atom is 0.162 e. The Morgan fingerprint density at radius 1 is 1.21 bits per heavy atom. The van der Waals surface area contributed by atoms with E-state index in [1.165, 1.54) is 13.8 Å². The molecule has 0 radical (unpaired) electrons. The standard InChI is InChI=1S/C21H33NO6S/c1-20(2,14-27-19-7-5-6-10-26-19)17-11-16(28-22-17)12-18(23)21(3,4)29(24,25)13-15-8-9-15/h11,15,19H,5-10,12-14H2,1-4H3. The molecule has 1 atom stereocenters. The van der Waals surface area contributed by atoms with Crippen LogP contribution in [0, 0.1) is 5.92 Å². The normalized spacial score (nSPS) is 21.3. The van der Waals surface area contributed by atoms with Crippen LogP contribution < -0.4 is 0 Å². The third kappa shape index (κ3) is 5.47. The fourth-order valence-electron chi connectivity index (χ4n) is 3.28. The number of ketones is 1. The Morgan fingerprint density at radius 3 is 2.55 bits per heavy atom. The molecule has 0 N–H and O–H groups in total. The highest BCUT2D eigenvalue weighted by Crippen LogP contribution is 2.34. The molecule has 0 bridgehead atoms. The van der Waals surface area contributed by atoms with Gasteiger partial charge >= 0.3 is 0 Å². The Bertz CT molecular complexity index is 816. The van der Waals surface area contributed by atoms with E-state index in [-0.39, 0.29) is 30.2 Å². The van der Waals surface area contributed by atoms with Crippen molar-refractivity contribution in [3.63, 3.8) is 0 Å². The molecule has 29 heavy (non-hydrogen) atoms. The van der Waals surface area contributed by atoms with Crippen LogP contribution in [-0.4, -0.2) is 49.4 Å². The van der Waals surface area contributed by atoms with Crippen LogP contribution in [-0.2, 0) is 35.9 Å². The van der Waals surface area contributed by atoms with Gasteiger partial charge in [0, 0.05) is 18.1 Å². The van der Waals surface area contributed by atoms with Crippen molar-refractivity contribution in [3.05, 3.63) is 17.5 Å². The highest BCUT2D eigenvalue weighted by Gasteiger charge is 2.44. The summed E-state index contributed by atoms with van der Waals surface area (Å²) in [4.78, 5) is 12.8. The SMILES string of the molecule is CC(C)(COC1CCCCO1)c1cc(CC(=O)C(C)(C)S(=O)(=O)CC2CC2)on1. The molecular weight excluding hydrogens is 394 g/mol. The first-order valence-electron chi connectivity index (χ1n) is 10.5. The summed E-state index contributed by atoms with van der Waals surface area (Å²) in [5.74, 6) is 0.297. The number of rotatable bonds is 10. The lowest BCUT2D eigenvalue weighted by atomic mass is 9.90. The summed E-state index contributed by atoms with van der Waals surface area (Å²) in [7, 11) is -3.50. The predicted octanol–water partition coefficient (Wildman–Crippen LogP) is 3.21. The van der Waals surface area contributed by atoms with Crippen LogP contribution in [0.4, 0.5) is 0 Å². The zero-order valence-corrected chi connectivity index (χ0v) is 18.7. The minimum Gasteiger partial charge on any atom is -0.361 e. The molecule has 1 aliphatic heterocycles. The molecular formula is C21H33NO6S. The largest absolute Gasteiger partial charge is 0.361 e. The topological polar surface area (TPSA) is 95.7 Å². The van der Waals surface area contributed by atoms with Gasteiger partial charge in [0.1, 0.15) is 10.5 Å². The smallest absolute Gasteiger partial charge is 0.162 e. The monoisotopic (exact) mass is 427 g/mol. The van der Waals surface area contributed by atoms with E-state index >= 15 is 0 Å². The maximum absolute atomic E-state index is 12.8. The van der Waals surface area contributed by atoms with Crippen LogP contribution in [0.1, 0.15) is 71.3 Å². The third-order valence-electron chi connectivity index (χ3n) is 5.96. The van der Waals surface area contributed by atoms with E-state index in [4.69, 9.17) is 14.0 Å². The molecule has 1 aliphatic carbocycles. The number of hydrogen-bond acceptors (Lipinski definition) is 7. The molecule has 0 aromatic carbocycles. The van der Waals surface area contributed by atoms with Gasteiger partial charge in [-0.05, 0) is 51.9 Å². The number of carbonyl (C=O) groups is 1. The molecule has 1 aromatic heterocycles.